The number of rotatable bonds is 4. The summed E-state index contributed by atoms with van der Waals surface area (Å²) in [6, 6.07) is 3.13. The van der Waals surface area contributed by atoms with Crippen molar-refractivity contribution in [3.8, 4) is 5.75 Å². The van der Waals surface area contributed by atoms with Crippen LogP contribution in [0.1, 0.15) is 26.2 Å². The third kappa shape index (κ3) is 2.72. The molecule has 1 aliphatic rings. The summed E-state index contributed by atoms with van der Waals surface area (Å²) in [4.78, 5) is 15.5. The highest BCUT2D eigenvalue weighted by Gasteiger charge is 2.29. The van der Waals surface area contributed by atoms with E-state index in [0.717, 1.165) is 0 Å². The SMILES string of the molecule is C[C@H](CC(=O)Nc1ncccc1O)C1CC1. The molecule has 4 nitrogen and oxygen atoms in total. The van der Waals surface area contributed by atoms with Gasteiger partial charge in [-0.15, -0.1) is 0 Å². The van der Waals surface area contributed by atoms with E-state index in [1.165, 1.54) is 18.9 Å². The second-order valence-corrected chi connectivity index (χ2v) is 4.44. The number of anilines is 1. The van der Waals surface area contributed by atoms with Gasteiger partial charge >= 0.3 is 0 Å². The van der Waals surface area contributed by atoms with Crippen LogP contribution >= 0.6 is 0 Å². The molecule has 0 spiro atoms. The molecule has 0 radical (unpaired) electrons. The molecule has 4 heteroatoms. The fourth-order valence-corrected chi connectivity index (χ4v) is 1.80. The minimum Gasteiger partial charge on any atom is -0.504 e. The van der Waals surface area contributed by atoms with Crippen LogP contribution in [0.4, 0.5) is 5.82 Å². The van der Waals surface area contributed by atoms with Crippen LogP contribution in [0.15, 0.2) is 18.3 Å². The Kier molecular flexibility index (Phi) is 3.08. The van der Waals surface area contributed by atoms with Gasteiger partial charge in [0.2, 0.25) is 5.91 Å². The standard InChI is InChI=1S/C12H16N2O2/c1-8(9-4-5-9)7-11(16)14-12-10(15)3-2-6-13-12/h2-3,6,8-9,15H,4-5,7H2,1H3,(H,13,14,16)/t8-/m1/s1. The fourth-order valence-electron chi connectivity index (χ4n) is 1.80. The van der Waals surface area contributed by atoms with Gasteiger partial charge in [-0.1, -0.05) is 6.92 Å². The third-order valence-electron chi connectivity index (χ3n) is 2.98. The predicted molar refractivity (Wildman–Crippen MR) is 61.0 cm³/mol. The van der Waals surface area contributed by atoms with Crippen molar-refractivity contribution < 1.29 is 9.90 Å². The molecule has 0 aliphatic heterocycles. The van der Waals surface area contributed by atoms with Gasteiger partial charge < -0.3 is 10.4 Å². The lowest BCUT2D eigenvalue weighted by molar-refractivity contribution is -0.117. The molecule has 1 atom stereocenters. The Labute approximate surface area is 94.7 Å². The van der Waals surface area contributed by atoms with E-state index in [0.29, 0.717) is 18.3 Å². The lowest BCUT2D eigenvalue weighted by atomic mass is 10.0. The molecule has 86 valence electrons. The summed E-state index contributed by atoms with van der Waals surface area (Å²) >= 11 is 0. The van der Waals surface area contributed by atoms with Gasteiger partial charge in [0.05, 0.1) is 0 Å². The van der Waals surface area contributed by atoms with E-state index in [4.69, 9.17) is 0 Å². The third-order valence-corrected chi connectivity index (χ3v) is 2.98. The Morgan fingerprint density at radius 3 is 3.06 bits per heavy atom. The number of hydrogen-bond donors (Lipinski definition) is 2. The summed E-state index contributed by atoms with van der Waals surface area (Å²) in [7, 11) is 0. The van der Waals surface area contributed by atoms with Crippen molar-refractivity contribution in [3.05, 3.63) is 18.3 Å². The van der Waals surface area contributed by atoms with E-state index < -0.39 is 0 Å². The molecule has 1 amide bonds. The van der Waals surface area contributed by atoms with Crippen LogP contribution < -0.4 is 5.32 Å². The second kappa shape index (κ2) is 4.51. The molecule has 0 saturated heterocycles. The molecule has 0 aromatic carbocycles. The predicted octanol–water partition coefficient (Wildman–Crippen LogP) is 2.16. The van der Waals surface area contributed by atoms with Crippen LogP contribution in [-0.2, 0) is 4.79 Å². The maximum Gasteiger partial charge on any atom is 0.225 e. The highest BCUT2D eigenvalue weighted by atomic mass is 16.3. The first kappa shape index (κ1) is 10.9. The van der Waals surface area contributed by atoms with E-state index in [9.17, 15) is 9.90 Å². The number of nitrogens with zero attached hydrogens (tertiary/aromatic N) is 1. The molecule has 1 fully saturated rings. The smallest absolute Gasteiger partial charge is 0.225 e. The number of hydrogen-bond acceptors (Lipinski definition) is 3. The summed E-state index contributed by atoms with van der Waals surface area (Å²) in [6.45, 7) is 2.09. The van der Waals surface area contributed by atoms with E-state index in [2.05, 4.69) is 17.2 Å². The van der Waals surface area contributed by atoms with Crippen LogP contribution in [0.5, 0.6) is 5.75 Å². The Morgan fingerprint density at radius 1 is 1.69 bits per heavy atom. The van der Waals surface area contributed by atoms with Crippen molar-refractivity contribution in [1.29, 1.82) is 0 Å². The van der Waals surface area contributed by atoms with Crippen LogP contribution in [0.2, 0.25) is 0 Å². The molecule has 2 N–H and O–H groups in total. The number of aromatic nitrogens is 1. The van der Waals surface area contributed by atoms with Crippen molar-refractivity contribution in [1.82, 2.24) is 4.98 Å². The molecular formula is C12H16N2O2. The highest BCUT2D eigenvalue weighted by molar-refractivity contribution is 5.91. The maximum atomic E-state index is 11.6. The molecule has 1 heterocycles. The van der Waals surface area contributed by atoms with Gasteiger partial charge in [-0.2, -0.15) is 0 Å². The highest BCUT2D eigenvalue weighted by Crippen LogP contribution is 2.38. The summed E-state index contributed by atoms with van der Waals surface area (Å²) in [6.07, 6.45) is 4.52. The minimum absolute atomic E-state index is 0.00919. The number of pyridine rings is 1. The monoisotopic (exact) mass is 220 g/mol. The van der Waals surface area contributed by atoms with Gasteiger partial charge in [-0.05, 0) is 36.8 Å². The molecule has 16 heavy (non-hydrogen) atoms. The molecular weight excluding hydrogens is 204 g/mol. The molecule has 0 bridgehead atoms. The average Bonchev–Trinajstić information content (AvgIpc) is 3.04. The quantitative estimate of drug-likeness (QED) is 0.817. The Hall–Kier alpha value is -1.58. The van der Waals surface area contributed by atoms with Gasteiger partial charge in [0.25, 0.3) is 0 Å². The van der Waals surface area contributed by atoms with Crippen molar-refractivity contribution in [2.75, 3.05) is 5.32 Å². The zero-order chi connectivity index (χ0) is 11.5. The van der Waals surface area contributed by atoms with Gasteiger partial charge in [0.1, 0.15) is 0 Å². The zero-order valence-corrected chi connectivity index (χ0v) is 9.31. The van der Waals surface area contributed by atoms with E-state index in [-0.39, 0.29) is 17.5 Å². The fraction of sp³-hybridized carbons (Fsp3) is 0.500. The normalized spacial score (nSPS) is 16.8. The number of amides is 1. The zero-order valence-electron chi connectivity index (χ0n) is 9.31. The van der Waals surface area contributed by atoms with Crippen LogP contribution in [0, 0.1) is 11.8 Å². The number of carbonyl (C=O) groups excluding carboxylic acids is 1. The second-order valence-electron chi connectivity index (χ2n) is 4.44. The molecule has 1 saturated carbocycles. The molecule has 1 aromatic rings. The van der Waals surface area contributed by atoms with Gasteiger partial charge in [-0.25, -0.2) is 4.98 Å². The van der Waals surface area contributed by atoms with Crippen LogP contribution in [0.25, 0.3) is 0 Å². The van der Waals surface area contributed by atoms with E-state index in [1.54, 1.807) is 12.3 Å². The van der Waals surface area contributed by atoms with E-state index >= 15 is 0 Å². The van der Waals surface area contributed by atoms with Gasteiger partial charge in [0, 0.05) is 12.6 Å². The lowest BCUT2D eigenvalue weighted by Crippen LogP contribution is -2.16. The first-order valence-electron chi connectivity index (χ1n) is 5.60. The molecule has 1 aromatic heterocycles. The van der Waals surface area contributed by atoms with Crippen molar-refractivity contribution in [2.45, 2.75) is 26.2 Å². The van der Waals surface area contributed by atoms with Gasteiger partial charge in [-0.3, -0.25) is 4.79 Å². The summed E-state index contributed by atoms with van der Waals surface area (Å²) in [5, 5.41) is 12.1. The average molecular weight is 220 g/mol. The lowest BCUT2D eigenvalue weighted by Gasteiger charge is -2.10. The largest absolute Gasteiger partial charge is 0.504 e. The first-order chi connectivity index (χ1) is 7.66. The number of aromatic hydroxyl groups is 1. The number of carbonyl (C=O) groups is 1. The van der Waals surface area contributed by atoms with Gasteiger partial charge in [0.15, 0.2) is 11.6 Å². The summed E-state index contributed by atoms with van der Waals surface area (Å²) in [5.41, 5.74) is 0. The summed E-state index contributed by atoms with van der Waals surface area (Å²) < 4.78 is 0. The minimum atomic E-state index is -0.0756. The topological polar surface area (TPSA) is 62.2 Å². The van der Waals surface area contributed by atoms with E-state index in [1.807, 2.05) is 0 Å². The van der Waals surface area contributed by atoms with Crippen LogP contribution in [0.3, 0.4) is 0 Å². The molecule has 2 rings (SSSR count). The Morgan fingerprint density at radius 2 is 2.44 bits per heavy atom. The summed E-state index contributed by atoms with van der Waals surface area (Å²) in [5.74, 6) is 1.31. The molecule has 0 unspecified atom stereocenters. The first-order valence-corrected chi connectivity index (χ1v) is 5.60. The molecule has 1 aliphatic carbocycles. The number of nitrogens with one attached hydrogen (secondary N) is 1. The van der Waals surface area contributed by atoms with Crippen molar-refractivity contribution in [3.63, 3.8) is 0 Å². The Bertz CT molecular complexity index is 388. The maximum absolute atomic E-state index is 11.6. The Balaban J connectivity index is 1.89. The van der Waals surface area contributed by atoms with Crippen molar-refractivity contribution in [2.24, 2.45) is 11.8 Å². The van der Waals surface area contributed by atoms with Crippen molar-refractivity contribution >= 4 is 11.7 Å². The van der Waals surface area contributed by atoms with Crippen LogP contribution in [-0.4, -0.2) is 16.0 Å².